The van der Waals surface area contributed by atoms with E-state index in [9.17, 15) is 4.79 Å². The molecule has 1 amide bonds. The molecule has 0 aliphatic carbocycles. The summed E-state index contributed by atoms with van der Waals surface area (Å²) in [5.74, 6) is 0.744. The number of anilines is 1. The van der Waals surface area contributed by atoms with Gasteiger partial charge in [0.25, 0.3) is 0 Å². The summed E-state index contributed by atoms with van der Waals surface area (Å²) in [7, 11) is 1.64. The molecule has 6 heteroatoms. The topological polar surface area (TPSA) is 63.7 Å². The van der Waals surface area contributed by atoms with E-state index in [4.69, 9.17) is 9.47 Å². The van der Waals surface area contributed by atoms with E-state index < -0.39 is 0 Å². The Morgan fingerprint density at radius 3 is 2.81 bits per heavy atom. The van der Waals surface area contributed by atoms with E-state index >= 15 is 0 Å². The molecule has 2 heterocycles. The summed E-state index contributed by atoms with van der Waals surface area (Å²) in [5.41, 5.74) is 1.90. The number of nitrogens with zero attached hydrogens (tertiary/aromatic N) is 2. The molecule has 1 aromatic heterocycles. The molecule has 0 spiro atoms. The molecule has 21 heavy (non-hydrogen) atoms. The first-order valence-electron chi connectivity index (χ1n) is 7.33. The van der Waals surface area contributed by atoms with Gasteiger partial charge in [0.15, 0.2) is 5.75 Å². The normalized spacial score (nSPS) is 15.7. The number of piperidine rings is 1. The fourth-order valence-electron chi connectivity index (χ4n) is 2.46. The van der Waals surface area contributed by atoms with Crippen molar-refractivity contribution in [3.8, 4) is 5.75 Å². The van der Waals surface area contributed by atoms with Crippen molar-refractivity contribution in [2.24, 2.45) is 0 Å². The van der Waals surface area contributed by atoms with E-state index in [1.54, 1.807) is 18.2 Å². The van der Waals surface area contributed by atoms with Gasteiger partial charge < -0.3 is 19.7 Å². The third kappa shape index (κ3) is 4.00. The number of amides is 1. The lowest BCUT2D eigenvalue weighted by Crippen LogP contribution is -2.42. The Hall–Kier alpha value is -1.98. The SMILES string of the molecule is CCOC(=O)N1CCC(Nc2cc(C)ncc2OC)CC1. The van der Waals surface area contributed by atoms with Crippen molar-refractivity contribution in [2.45, 2.75) is 32.7 Å². The zero-order valence-electron chi connectivity index (χ0n) is 12.9. The summed E-state index contributed by atoms with van der Waals surface area (Å²) < 4.78 is 10.3. The number of pyridine rings is 1. The van der Waals surface area contributed by atoms with Gasteiger partial charge in [0.05, 0.1) is 25.6 Å². The number of hydrogen-bond donors (Lipinski definition) is 1. The van der Waals surface area contributed by atoms with Crippen LogP contribution in [0.1, 0.15) is 25.5 Å². The van der Waals surface area contributed by atoms with Gasteiger partial charge in [-0.1, -0.05) is 0 Å². The van der Waals surface area contributed by atoms with Gasteiger partial charge >= 0.3 is 6.09 Å². The first kappa shape index (κ1) is 15.4. The van der Waals surface area contributed by atoms with E-state index in [2.05, 4.69) is 10.3 Å². The van der Waals surface area contributed by atoms with Crippen LogP contribution in [-0.4, -0.2) is 48.8 Å². The molecule has 1 aliphatic heterocycles. The second kappa shape index (κ2) is 7.15. The highest BCUT2D eigenvalue weighted by Gasteiger charge is 2.24. The minimum atomic E-state index is -0.215. The van der Waals surface area contributed by atoms with Gasteiger partial charge in [-0.05, 0) is 32.8 Å². The molecule has 0 bridgehead atoms. The van der Waals surface area contributed by atoms with Crippen molar-refractivity contribution in [1.29, 1.82) is 0 Å². The number of likely N-dealkylation sites (tertiary alicyclic amines) is 1. The van der Waals surface area contributed by atoms with Crippen LogP contribution in [0.3, 0.4) is 0 Å². The van der Waals surface area contributed by atoms with Crippen LogP contribution in [0.2, 0.25) is 0 Å². The van der Waals surface area contributed by atoms with Gasteiger partial charge in [-0.2, -0.15) is 0 Å². The molecular weight excluding hydrogens is 270 g/mol. The van der Waals surface area contributed by atoms with Gasteiger partial charge in [-0.15, -0.1) is 0 Å². The first-order chi connectivity index (χ1) is 10.1. The summed E-state index contributed by atoms with van der Waals surface area (Å²) in [5, 5.41) is 3.49. The van der Waals surface area contributed by atoms with Crippen LogP contribution in [0.4, 0.5) is 10.5 Å². The van der Waals surface area contributed by atoms with Crippen LogP contribution in [0.15, 0.2) is 12.3 Å². The second-order valence-corrected chi connectivity index (χ2v) is 5.13. The number of aryl methyl sites for hydroxylation is 1. The third-order valence-corrected chi connectivity index (χ3v) is 3.60. The monoisotopic (exact) mass is 293 g/mol. The molecule has 1 aromatic rings. The zero-order valence-corrected chi connectivity index (χ0v) is 12.9. The summed E-state index contributed by atoms with van der Waals surface area (Å²) >= 11 is 0. The predicted molar refractivity (Wildman–Crippen MR) is 80.8 cm³/mol. The molecule has 0 radical (unpaired) electrons. The highest BCUT2D eigenvalue weighted by Crippen LogP contribution is 2.26. The van der Waals surface area contributed by atoms with Gasteiger partial charge in [-0.25, -0.2) is 4.79 Å². The Morgan fingerprint density at radius 1 is 1.48 bits per heavy atom. The quantitative estimate of drug-likeness (QED) is 0.923. The van der Waals surface area contributed by atoms with Gasteiger partial charge in [0.1, 0.15) is 0 Å². The zero-order chi connectivity index (χ0) is 15.2. The predicted octanol–water partition coefficient (Wildman–Crippen LogP) is 2.43. The van der Waals surface area contributed by atoms with Crippen molar-refractivity contribution < 1.29 is 14.3 Å². The summed E-state index contributed by atoms with van der Waals surface area (Å²) in [6.07, 6.45) is 3.30. The molecular formula is C15H23N3O3. The average molecular weight is 293 g/mol. The number of methoxy groups -OCH3 is 1. The fourth-order valence-corrected chi connectivity index (χ4v) is 2.46. The lowest BCUT2D eigenvalue weighted by Gasteiger charge is -2.32. The highest BCUT2D eigenvalue weighted by atomic mass is 16.6. The number of aromatic nitrogens is 1. The largest absolute Gasteiger partial charge is 0.493 e. The lowest BCUT2D eigenvalue weighted by molar-refractivity contribution is 0.0983. The molecule has 0 saturated carbocycles. The number of nitrogens with one attached hydrogen (secondary N) is 1. The first-order valence-corrected chi connectivity index (χ1v) is 7.33. The summed E-state index contributed by atoms with van der Waals surface area (Å²) in [6, 6.07) is 2.31. The molecule has 0 unspecified atom stereocenters. The Labute approximate surface area is 125 Å². The number of carbonyl (C=O) groups excluding carboxylic acids is 1. The second-order valence-electron chi connectivity index (χ2n) is 5.13. The van der Waals surface area contributed by atoms with Crippen molar-refractivity contribution in [1.82, 2.24) is 9.88 Å². The summed E-state index contributed by atoms with van der Waals surface area (Å²) in [6.45, 7) is 5.62. The van der Waals surface area contributed by atoms with Crippen LogP contribution in [-0.2, 0) is 4.74 Å². The molecule has 0 aromatic carbocycles. The molecule has 1 N–H and O–H groups in total. The van der Waals surface area contributed by atoms with Crippen LogP contribution < -0.4 is 10.1 Å². The maximum atomic E-state index is 11.7. The van der Waals surface area contributed by atoms with E-state index in [0.717, 1.165) is 30.0 Å². The van der Waals surface area contributed by atoms with Crippen LogP contribution >= 0.6 is 0 Å². The molecule has 116 valence electrons. The Morgan fingerprint density at radius 2 is 2.19 bits per heavy atom. The standard InChI is InChI=1S/C15H23N3O3/c1-4-21-15(19)18-7-5-12(6-8-18)17-13-9-11(2)16-10-14(13)20-3/h9-10,12H,4-8H2,1-3H3,(H,16,17). The van der Waals surface area contributed by atoms with Crippen molar-refractivity contribution in [2.75, 3.05) is 32.1 Å². The third-order valence-electron chi connectivity index (χ3n) is 3.60. The maximum Gasteiger partial charge on any atom is 0.409 e. The Bertz CT molecular complexity index is 485. The van der Waals surface area contributed by atoms with Gasteiger partial charge in [-0.3, -0.25) is 4.98 Å². The molecule has 0 atom stereocenters. The number of rotatable bonds is 4. The van der Waals surface area contributed by atoms with Gasteiger partial charge in [0, 0.05) is 24.8 Å². The lowest BCUT2D eigenvalue weighted by atomic mass is 10.0. The van der Waals surface area contributed by atoms with E-state index in [-0.39, 0.29) is 6.09 Å². The highest BCUT2D eigenvalue weighted by molar-refractivity contribution is 5.67. The van der Waals surface area contributed by atoms with E-state index in [0.29, 0.717) is 25.7 Å². The van der Waals surface area contributed by atoms with Crippen LogP contribution in [0.25, 0.3) is 0 Å². The average Bonchev–Trinajstić information content (AvgIpc) is 2.48. The van der Waals surface area contributed by atoms with Crippen molar-refractivity contribution in [3.63, 3.8) is 0 Å². The minimum Gasteiger partial charge on any atom is -0.493 e. The van der Waals surface area contributed by atoms with Crippen molar-refractivity contribution in [3.05, 3.63) is 18.0 Å². The minimum absolute atomic E-state index is 0.215. The Kier molecular flexibility index (Phi) is 5.25. The summed E-state index contributed by atoms with van der Waals surface area (Å²) in [4.78, 5) is 17.6. The van der Waals surface area contributed by atoms with Crippen LogP contribution in [0, 0.1) is 6.92 Å². The molecule has 6 nitrogen and oxygen atoms in total. The molecule has 1 fully saturated rings. The number of ether oxygens (including phenoxy) is 2. The smallest absolute Gasteiger partial charge is 0.409 e. The van der Waals surface area contributed by atoms with Crippen molar-refractivity contribution >= 4 is 11.8 Å². The van der Waals surface area contributed by atoms with E-state index in [1.807, 2.05) is 19.9 Å². The Balaban J connectivity index is 1.92. The number of carbonyl (C=O) groups is 1. The molecule has 1 aliphatic rings. The van der Waals surface area contributed by atoms with Crippen LogP contribution in [0.5, 0.6) is 5.75 Å². The fraction of sp³-hybridized carbons (Fsp3) is 0.600. The van der Waals surface area contributed by atoms with E-state index in [1.165, 1.54) is 0 Å². The van der Waals surface area contributed by atoms with Gasteiger partial charge in [0.2, 0.25) is 0 Å². The maximum absolute atomic E-state index is 11.7. The molecule has 2 rings (SSSR count). The molecule has 1 saturated heterocycles. The number of hydrogen-bond acceptors (Lipinski definition) is 5.